The Bertz CT molecular complexity index is 540. The lowest BCUT2D eigenvalue weighted by atomic mass is 9.79. The molecule has 0 saturated heterocycles. The minimum atomic E-state index is -0.420. The Morgan fingerprint density at radius 1 is 1.42 bits per heavy atom. The first-order valence-corrected chi connectivity index (χ1v) is 6.81. The van der Waals surface area contributed by atoms with Crippen molar-refractivity contribution >= 4 is 5.69 Å². The highest BCUT2D eigenvalue weighted by molar-refractivity contribution is 5.62. The number of nitrogens with zero attached hydrogens (tertiary/aromatic N) is 2. The van der Waals surface area contributed by atoms with Gasteiger partial charge < -0.3 is 4.90 Å². The van der Waals surface area contributed by atoms with Crippen molar-refractivity contribution in [3.8, 4) is 6.07 Å². The standard InChI is InChI=1S/C16H21FN2/c1-10(2)19-15-7-14(17)12(9-18)6-13(15)11(3)8-16(19,4)5/h6-7,10-11H,8H2,1-5H3. The predicted molar refractivity (Wildman–Crippen MR) is 75.8 cm³/mol. The molecule has 0 bridgehead atoms. The van der Waals surface area contributed by atoms with Gasteiger partial charge in [0, 0.05) is 17.3 Å². The van der Waals surface area contributed by atoms with Crippen molar-refractivity contribution in [2.75, 3.05) is 4.90 Å². The van der Waals surface area contributed by atoms with Gasteiger partial charge in [-0.25, -0.2) is 4.39 Å². The van der Waals surface area contributed by atoms with E-state index in [1.54, 1.807) is 6.07 Å². The summed E-state index contributed by atoms with van der Waals surface area (Å²) in [5, 5.41) is 8.98. The number of anilines is 1. The molecule has 0 amide bonds. The molecule has 0 saturated carbocycles. The summed E-state index contributed by atoms with van der Waals surface area (Å²) in [7, 11) is 0. The number of rotatable bonds is 1. The summed E-state index contributed by atoms with van der Waals surface area (Å²) in [6, 6.07) is 5.49. The smallest absolute Gasteiger partial charge is 0.143 e. The Morgan fingerprint density at radius 3 is 2.58 bits per heavy atom. The maximum atomic E-state index is 13.9. The van der Waals surface area contributed by atoms with Crippen LogP contribution in [0.15, 0.2) is 12.1 Å². The van der Waals surface area contributed by atoms with Crippen LogP contribution >= 0.6 is 0 Å². The van der Waals surface area contributed by atoms with Gasteiger partial charge in [-0.15, -0.1) is 0 Å². The SMILES string of the molecule is CC1CC(C)(C)N(C(C)C)c2cc(F)c(C#N)cc21. The maximum absolute atomic E-state index is 13.9. The number of halogens is 1. The van der Waals surface area contributed by atoms with Crippen LogP contribution in [-0.2, 0) is 0 Å². The summed E-state index contributed by atoms with van der Waals surface area (Å²) < 4.78 is 13.9. The largest absolute Gasteiger partial charge is 0.364 e. The number of hydrogen-bond donors (Lipinski definition) is 0. The maximum Gasteiger partial charge on any atom is 0.143 e. The Kier molecular flexibility index (Phi) is 3.30. The van der Waals surface area contributed by atoms with Crippen molar-refractivity contribution in [2.24, 2.45) is 0 Å². The van der Waals surface area contributed by atoms with E-state index >= 15 is 0 Å². The highest BCUT2D eigenvalue weighted by Crippen LogP contribution is 2.45. The molecule has 1 unspecified atom stereocenters. The van der Waals surface area contributed by atoms with Gasteiger partial charge in [0.15, 0.2) is 0 Å². The van der Waals surface area contributed by atoms with Gasteiger partial charge in [-0.2, -0.15) is 5.26 Å². The first-order chi connectivity index (χ1) is 8.77. The molecule has 3 heteroatoms. The quantitative estimate of drug-likeness (QED) is 0.756. The Hall–Kier alpha value is -1.56. The van der Waals surface area contributed by atoms with Crippen molar-refractivity contribution < 1.29 is 4.39 Å². The van der Waals surface area contributed by atoms with E-state index in [9.17, 15) is 4.39 Å². The molecule has 1 aromatic rings. The van der Waals surface area contributed by atoms with Crippen molar-refractivity contribution in [2.45, 2.75) is 58.5 Å². The number of benzene rings is 1. The van der Waals surface area contributed by atoms with E-state index < -0.39 is 5.82 Å². The molecular weight excluding hydrogens is 239 g/mol. The fourth-order valence-corrected chi connectivity index (χ4v) is 3.53. The van der Waals surface area contributed by atoms with Crippen LogP contribution in [0.5, 0.6) is 0 Å². The van der Waals surface area contributed by atoms with Crippen molar-refractivity contribution in [3.05, 3.63) is 29.1 Å². The second kappa shape index (κ2) is 4.52. The predicted octanol–water partition coefficient (Wildman–Crippen LogP) is 4.20. The molecule has 1 aliphatic rings. The van der Waals surface area contributed by atoms with Gasteiger partial charge in [-0.1, -0.05) is 6.92 Å². The lowest BCUT2D eigenvalue weighted by Crippen LogP contribution is -2.51. The molecule has 1 heterocycles. The molecule has 2 rings (SSSR count). The summed E-state index contributed by atoms with van der Waals surface area (Å²) in [6.07, 6.45) is 1.01. The first kappa shape index (κ1) is 13.9. The van der Waals surface area contributed by atoms with Crippen LogP contribution in [-0.4, -0.2) is 11.6 Å². The van der Waals surface area contributed by atoms with Crippen LogP contribution in [0.2, 0.25) is 0 Å². The fourth-order valence-electron chi connectivity index (χ4n) is 3.53. The van der Waals surface area contributed by atoms with Crippen LogP contribution in [0.4, 0.5) is 10.1 Å². The van der Waals surface area contributed by atoms with Gasteiger partial charge in [0.1, 0.15) is 11.9 Å². The summed E-state index contributed by atoms with van der Waals surface area (Å²) in [4.78, 5) is 2.27. The minimum Gasteiger partial charge on any atom is -0.364 e. The molecule has 0 spiro atoms. The van der Waals surface area contributed by atoms with E-state index in [2.05, 4.69) is 39.5 Å². The van der Waals surface area contributed by atoms with E-state index in [-0.39, 0.29) is 11.1 Å². The zero-order valence-corrected chi connectivity index (χ0v) is 12.3. The Balaban J connectivity index is 2.67. The number of nitriles is 1. The summed E-state index contributed by atoms with van der Waals surface area (Å²) in [5.74, 6) is -0.0792. The van der Waals surface area contributed by atoms with Crippen molar-refractivity contribution in [1.29, 1.82) is 5.26 Å². The van der Waals surface area contributed by atoms with Crippen LogP contribution in [0.3, 0.4) is 0 Å². The normalized spacial score (nSPS) is 21.2. The van der Waals surface area contributed by atoms with Crippen LogP contribution in [0.1, 0.15) is 58.1 Å². The molecule has 1 aliphatic heterocycles. The molecule has 1 atom stereocenters. The van der Waals surface area contributed by atoms with E-state index in [1.165, 1.54) is 6.07 Å². The molecule has 0 radical (unpaired) electrons. The Morgan fingerprint density at radius 2 is 2.05 bits per heavy atom. The van der Waals surface area contributed by atoms with Gasteiger partial charge in [0.2, 0.25) is 0 Å². The third kappa shape index (κ3) is 2.20. The highest BCUT2D eigenvalue weighted by atomic mass is 19.1. The van der Waals surface area contributed by atoms with E-state index in [4.69, 9.17) is 5.26 Å². The van der Waals surface area contributed by atoms with Crippen LogP contribution in [0.25, 0.3) is 0 Å². The van der Waals surface area contributed by atoms with Gasteiger partial charge in [-0.3, -0.25) is 0 Å². The second-order valence-electron chi connectivity index (χ2n) is 6.38. The summed E-state index contributed by atoms with van der Waals surface area (Å²) in [6.45, 7) is 10.8. The molecule has 19 heavy (non-hydrogen) atoms. The second-order valence-corrected chi connectivity index (χ2v) is 6.38. The van der Waals surface area contributed by atoms with Crippen LogP contribution in [0, 0.1) is 17.1 Å². The van der Waals surface area contributed by atoms with Crippen LogP contribution < -0.4 is 4.90 Å². The number of hydrogen-bond acceptors (Lipinski definition) is 2. The zero-order valence-electron chi connectivity index (χ0n) is 12.3. The fraction of sp³-hybridized carbons (Fsp3) is 0.562. The summed E-state index contributed by atoms with van der Waals surface area (Å²) >= 11 is 0. The van der Waals surface area contributed by atoms with E-state index in [0.717, 1.165) is 17.7 Å². The average molecular weight is 260 g/mol. The molecule has 0 N–H and O–H groups in total. The molecule has 102 valence electrons. The van der Waals surface area contributed by atoms with Gasteiger partial charge in [0.25, 0.3) is 0 Å². The molecule has 1 aromatic carbocycles. The third-order valence-corrected chi connectivity index (χ3v) is 4.00. The minimum absolute atomic E-state index is 0.00117. The lowest BCUT2D eigenvalue weighted by Gasteiger charge is -2.50. The zero-order chi connectivity index (χ0) is 14.4. The molecule has 2 nitrogen and oxygen atoms in total. The highest BCUT2D eigenvalue weighted by Gasteiger charge is 2.38. The summed E-state index contributed by atoms with van der Waals surface area (Å²) in [5.41, 5.74) is 2.18. The monoisotopic (exact) mass is 260 g/mol. The van der Waals surface area contributed by atoms with Gasteiger partial charge in [0.05, 0.1) is 5.56 Å². The van der Waals surface area contributed by atoms with Gasteiger partial charge in [-0.05, 0) is 57.7 Å². The topological polar surface area (TPSA) is 27.0 Å². The lowest BCUT2D eigenvalue weighted by molar-refractivity contribution is 0.355. The Labute approximate surface area is 114 Å². The van der Waals surface area contributed by atoms with Crippen molar-refractivity contribution in [3.63, 3.8) is 0 Å². The molecule has 0 fully saturated rings. The molecule has 0 aromatic heterocycles. The molecule has 0 aliphatic carbocycles. The van der Waals surface area contributed by atoms with E-state index in [0.29, 0.717) is 12.0 Å². The average Bonchev–Trinajstić information content (AvgIpc) is 2.26. The van der Waals surface area contributed by atoms with Gasteiger partial charge >= 0.3 is 0 Å². The third-order valence-electron chi connectivity index (χ3n) is 4.00. The van der Waals surface area contributed by atoms with E-state index in [1.807, 2.05) is 6.07 Å². The number of fused-ring (bicyclic) bond motifs is 1. The van der Waals surface area contributed by atoms with Crippen molar-refractivity contribution in [1.82, 2.24) is 0 Å². The molecular formula is C16H21FN2. The first-order valence-electron chi connectivity index (χ1n) is 6.81.